The third-order valence-corrected chi connectivity index (χ3v) is 3.61. The van der Waals surface area contributed by atoms with Gasteiger partial charge < -0.3 is 9.47 Å². The second-order valence-electron chi connectivity index (χ2n) is 5.08. The molecule has 3 rings (SSSR count). The lowest BCUT2D eigenvalue weighted by Gasteiger charge is -2.09. The number of hydrogen-bond acceptors (Lipinski definition) is 4. The number of esters is 1. The minimum atomic E-state index is -0.457. The average Bonchev–Trinajstić information content (AvgIpc) is 2.65. The maximum atomic E-state index is 12.3. The van der Waals surface area contributed by atoms with E-state index >= 15 is 0 Å². The highest BCUT2D eigenvalue weighted by Crippen LogP contribution is 2.26. The van der Waals surface area contributed by atoms with Gasteiger partial charge in [0.2, 0.25) is 0 Å². The Morgan fingerprint density at radius 2 is 1.92 bits per heavy atom. The van der Waals surface area contributed by atoms with Gasteiger partial charge in [0, 0.05) is 10.9 Å². The fourth-order valence-electron chi connectivity index (χ4n) is 2.44. The number of rotatable bonds is 4. The van der Waals surface area contributed by atoms with Crippen molar-refractivity contribution in [1.82, 2.24) is 4.98 Å². The topological polar surface area (TPSA) is 48.4 Å². The molecule has 2 aromatic carbocycles. The van der Waals surface area contributed by atoms with E-state index in [1.807, 2.05) is 48.5 Å². The van der Waals surface area contributed by atoms with E-state index in [9.17, 15) is 4.79 Å². The van der Waals surface area contributed by atoms with E-state index in [-0.39, 0.29) is 6.61 Å². The van der Waals surface area contributed by atoms with Gasteiger partial charge in [-0.2, -0.15) is 0 Å². The first-order valence-corrected chi connectivity index (χ1v) is 7.37. The molecule has 4 heteroatoms. The molecule has 0 saturated carbocycles. The zero-order valence-electron chi connectivity index (χ0n) is 13.2. The molecule has 1 heterocycles. The van der Waals surface area contributed by atoms with E-state index < -0.39 is 5.97 Å². The fraction of sp³-hybridized carbons (Fsp3) is 0.100. The Hall–Kier alpha value is -3.32. The highest BCUT2D eigenvalue weighted by atomic mass is 16.5. The summed E-state index contributed by atoms with van der Waals surface area (Å²) < 4.78 is 10.3. The maximum Gasteiger partial charge on any atom is 0.339 e. The van der Waals surface area contributed by atoms with Gasteiger partial charge in [0.15, 0.2) is 6.61 Å². The van der Waals surface area contributed by atoms with Gasteiger partial charge in [0.05, 0.1) is 23.9 Å². The summed E-state index contributed by atoms with van der Waals surface area (Å²) >= 11 is 0. The second-order valence-corrected chi connectivity index (χ2v) is 5.08. The Balaban J connectivity index is 2.12. The first-order valence-electron chi connectivity index (χ1n) is 7.37. The van der Waals surface area contributed by atoms with E-state index in [0.717, 1.165) is 22.2 Å². The summed E-state index contributed by atoms with van der Waals surface area (Å²) in [4.78, 5) is 17.0. The molecule has 118 valence electrons. The molecule has 0 N–H and O–H groups in total. The molecule has 0 fully saturated rings. The summed E-state index contributed by atoms with van der Waals surface area (Å²) in [6, 6.07) is 16.7. The van der Waals surface area contributed by atoms with Gasteiger partial charge in [-0.15, -0.1) is 6.42 Å². The molecule has 0 aliphatic heterocycles. The van der Waals surface area contributed by atoms with Crippen molar-refractivity contribution in [2.75, 3.05) is 13.7 Å². The molecule has 4 nitrogen and oxygen atoms in total. The van der Waals surface area contributed by atoms with Crippen molar-refractivity contribution in [3.8, 4) is 29.4 Å². The summed E-state index contributed by atoms with van der Waals surface area (Å²) in [7, 11) is 1.61. The van der Waals surface area contributed by atoms with Crippen LogP contribution in [-0.4, -0.2) is 24.7 Å². The predicted octanol–water partition coefficient (Wildman–Crippen LogP) is 3.70. The van der Waals surface area contributed by atoms with Crippen molar-refractivity contribution >= 4 is 16.9 Å². The van der Waals surface area contributed by atoms with Crippen LogP contribution >= 0.6 is 0 Å². The highest BCUT2D eigenvalue weighted by molar-refractivity contribution is 6.04. The van der Waals surface area contributed by atoms with Crippen LogP contribution in [0.5, 0.6) is 5.75 Å². The van der Waals surface area contributed by atoms with Crippen molar-refractivity contribution < 1.29 is 14.3 Å². The van der Waals surface area contributed by atoms with Crippen LogP contribution in [0.2, 0.25) is 0 Å². The Morgan fingerprint density at radius 3 is 2.62 bits per heavy atom. The molecule has 1 aromatic heterocycles. The monoisotopic (exact) mass is 317 g/mol. The number of para-hydroxylation sites is 1. The van der Waals surface area contributed by atoms with E-state index in [1.165, 1.54) is 0 Å². The molecular formula is C20H15NO3. The smallest absolute Gasteiger partial charge is 0.339 e. The second kappa shape index (κ2) is 6.84. The van der Waals surface area contributed by atoms with Gasteiger partial charge in [-0.25, -0.2) is 9.78 Å². The molecule has 24 heavy (non-hydrogen) atoms. The van der Waals surface area contributed by atoms with Crippen molar-refractivity contribution in [2.24, 2.45) is 0 Å². The maximum absolute atomic E-state index is 12.3. The van der Waals surface area contributed by atoms with Crippen LogP contribution in [0.25, 0.3) is 22.2 Å². The van der Waals surface area contributed by atoms with Crippen molar-refractivity contribution in [3.63, 3.8) is 0 Å². The van der Waals surface area contributed by atoms with Crippen LogP contribution < -0.4 is 4.74 Å². The standard InChI is InChI=1S/C20H15NO3/c1-3-12-24-20(22)17-13-19(14-8-10-15(23-2)11-9-14)21-18-7-5-4-6-16(17)18/h1,4-11,13H,12H2,2H3. The SMILES string of the molecule is C#CCOC(=O)c1cc(-c2ccc(OC)cc2)nc2ccccc12. The average molecular weight is 317 g/mol. The number of aromatic nitrogens is 1. The number of hydrogen-bond donors (Lipinski definition) is 0. The summed E-state index contributed by atoms with van der Waals surface area (Å²) in [5.41, 5.74) is 2.73. The summed E-state index contributed by atoms with van der Waals surface area (Å²) in [5.74, 6) is 2.60. The number of benzene rings is 2. The van der Waals surface area contributed by atoms with E-state index in [1.54, 1.807) is 13.2 Å². The molecular weight excluding hydrogens is 302 g/mol. The Kier molecular flexibility index (Phi) is 4.44. The number of methoxy groups -OCH3 is 1. The molecule has 0 unspecified atom stereocenters. The number of carbonyl (C=O) groups excluding carboxylic acids is 1. The number of nitrogens with zero attached hydrogens (tertiary/aromatic N) is 1. The summed E-state index contributed by atoms with van der Waals surface area (Å²) in [6.45, 7) is -0.0622. The lowest BCUT2D eigenvalue weighted by molar-refractivity contribution is 0.0559. The summed E-state index contributed by atoms with van der Waals surface area (Å²) in [6.07, 6.45) is 5.16. The minimum Gasteiger partial charge on any atom is -0.497 e. The number of fused-ring (bicyclic) bond motifs is 1. The molecule has 0 spiro atoms. The van der Waals surface area contributed by atoms with Gasteiger partial charge in [-0.05, 0) is 36.4 Å². The van der Waals surface area contributed by atoms with Crippen molar-refractivity contribution in [3.05, 3.63) is 60.2 Å². The number of terminal acetylenes is 1. The molecule has 0 aliphatic rings. The molecule has 0 radical (unpaired) electrons. The number of carbonyl (C=O) groups is 1. The molecule has 0 aliphatic carbocycles. The molecule has 3 aromatic rings. The molecule has 0 bridgehead atoms. The number of pyridine rings is 1. The van der Waals surface area contributed by atoms with Gasteiger partial charge >= 0.3 is 5.97 Å². The molecule has 0 atom stereocenters. The first-order chi connectivity index (χ1) is 11.7. The Bertz CT molecular complexity index is 924. The van der Waals surface area contributed by atoms with E-state index in [2.05, 4.69) is 10.9 Å². The highest BCUT2D eigenvalue weighted by Gasteiger charge is 2.15. The summed E-state index contributed by atoms with van der Waals surface area (Å²) in [5, 5.41) is 0.733. The van der Waals surface area contributed by atoms with Crippen molar-refractivity contribution in [2.45, 2.75) is 0 Å². The minimum absolute atomic E-state index is 0.0622. The third-order valence-electron chi connectivity index (χ3n) is 3.61. The quantitative estimate of drug-likeness (QED) is 0.544. The van der Waals surface area contributed by atoms with Crippen LogP contribution in [0, 0.1) is 12.3 Å². The normalized spacial score (nSPS) is 10.2. The zero-order valence-corrected chi connectivity index (χ0v) is 13.2. The van der Waals surface area contributed by atoms with Crippen LogP contribution in [0.3, 0.4) is 0 Å². The van der Waals surface area contributed by atoms with Crippen LogP contribution in [0.15, 0.2) is 54.6 Å². The van der Waals surface area contributed by atoms with Gasteiger partial charge in [0.25, 0.3) is 0 Å². The zero-order chi connectivity index (χ0) is 16.9. The first kappa shape index (κ1) is 15.6. The lowest BCUT2D eigenvalue weighted by Crippen LogP contribution is -2.07. The lowest BCUT2D eigenvalue weighted by atomic mass is 10.0. The van der Waals surface area contributed by atoms with Crippen LogP contribution in [-0.2, 0) is 4.74 Å². The van der Waals surface area contributed by atoms with Crippen LogP contribution in [0.4, 0.5) is 0 Å². The predicted molar refractivity (Wildman–Crippen MR) is 92.8 cm³/mol. The largest absolute Gasteiger partial charge is 0.497 e. The van der Waals surface area contributed by atoms with Crippen molar-refractivity contribution in [1.29, 1.82) is 0 Å². The van der Waals surface area contributed by atoms with Crippen LogP contribution in [0.1, 0.15) is 10.4 Å². The van der Waals surface area contributed by atoms with Gasteiger partial charge in [0.1, 0.15) is 5.75 Å². The van der Waals surface area contributed by atoms with E-state index in [0.29, 0.717) is 11.3 Å². The Labute approximate surface area is 140 Å². The molecule has 0 saturated heterocycles. The Morgan fingerprint density at radius 1 is 1.17 bits per heavy atom. The van der Waals surface area contributed by atoms with Gasteiger partial charge in [-0.1, -0.05) is 24.1 Å². The van der Waals surface area contributed by atoms with E-state index in [4.69, 9.17) is 15.9 Å². The fourth-order valence-corrected chi connectivity index (χ4v) is 2.44. The van der Waals surface area contributed by atoms with Gasteiger partial charge in [-0.3, -0.25) is 0 Å². The molecule has 0 amide bonds. The third kappa shape index (κ3) is 3.06. The number of ether oxygens (including phenoxy) is 2.